The highest BCUT2D eigenvalue weighted by molar-refractivity contribution is 5.83. The summed E-state index contributed by atoms with van der Waals surface area (Å²) in [5, 5.41) is 9.53. The van der Waals surface area contributed by atoms with Gasteiger partial charge in [0.1, 0.15) is 17.0 Å². The van der Waals surface area contributed by atoms with Crippen LogP contribution in [0.2, 0.25) is 0 Å². The van der Waals surface area contributed by atoms with Crippen LogP contribution in [-0.4, -0.2) is 21.8 Å². The first kappa shape index (κ1) is 11.4. The number of fused-ring (bicyclic) bond motifs is 1. The first-order chi connectivity index (χ1) is 9.20. The van der Waals surface area contributed by atoms with Crippen LogP contribution in [0.25, 0.3) is 16.7 Å². The Morgan fingerprint density at radius 2 is 2.00 bits per heavy atom. The third kappa shape index (κ3) is 1.76. The lowest BCUT2D eigenvalue weighted by Gasteiger charge is -2.05. The Balaban J connectivity index is 2.36. The molecular weight excluding hydrogens is 244 g/mol. The van der Waals surface area contributed by atoms with Crippen LogP contribution in [0.3, 0.4) is 0 Å². The first-order valence-corrected chi connectivity index (χ1v) is 5.78. The molecule has 2 N–H and O–H groups in total. The largest absolute Gasteiger partial charge is 0.508 e. The Kier molecular flexibility index (Phi) is 2.52. The molecule has 5 heteroatoms. The van der Waals surface area contributed by atoms with Gasteiger partial charge in [0.05, 0.1) is 18.3 Å². The van der Waals surface area contributed by atoms with Crippen molar-refractivity contribution in [3.63, 3.8) is 0 Å². The second-order valence-corrected chi connectivity index (χ2v) is 4.14. The van der Waals surface area contributed by atoms with Crippen molar-refractivity contribution in [2.45, 2.75) is 0 Å². The molecule has 0 atom stereocenters. The van der Waals surface area contributed by atoms with Crippen molar-refractivity contribution < 1.29 is 9.84 Å². The topological polar surface area (TPSA) is 67.2 Å². The number of para-hydroxylation sites is 1. The quantitative estimate of drug-likeness (QED) is 0.737. The van der Waals surface area contributed by atoms with E-state index in [2.05, 4.69) is 4.98 Å². The molecule has 0 aliphatic carbocycles. The maximum atomic E-state index is 12.1. The predicted octanol–water partition coefficient (Wildman–Crippen LogP) is 2.03. The molecule has 0 amide bonds. The second-order valence-electron chi connectivity index (χ2n) is 4.14. The molecular formula is C14H12N2O3. The van der Waals surface area contributed by atoms with Gasteiger partial charge in [0.25, 0.3) is 0 Å². The molecule has 96 valence electrons. The van der Waals surface area contributed by atoms with E-state index >= 15 is 0 Å². The van der Waals surface area contributed by atoms with E-state index in [0.717, 1.165) is 0 Å². The van der Waals surface area contributed by atoms with Crippen molar-refractivity contribution in [1.29, 1.82) is 0 Å². The number of benzene rings is 2. The number of phenolic OH excluding ortho intramolecular Hbond substituents is 1. The highest BCUT2D eigenvalue weighted by atomic mass is 16.5. The SMILES string of the molecule is COc1cccc2c1[nH]c(=O)n2-c1cccc(O)c1. The molecule has 0 saturated carbocycles. The number of aromatic nitrogens is 2. The van der Waals surface area contributed by atoms with Crippen LogP contribution < -0.4 is 10.4 Å². The van der Waals surface area contributed by atoms with Gasteiger partial charge < -0.3 is 14.8 Å². The standard InChI is InChI=1S/C14H12N2O3/c1-19-12-7-3-6-11-13(12)15-14(18)16(11)9-4-2-5-10(17)8-9/h2-8,17H,1H3,(H,15,18). The van der Waals surface area contributed by atoms with Crippen molar-refractivity contribution in [2.24, 2.45) is 0 Å². The molecule has 0 aliphatic heterocycles. The number of hydrogen-bond acceptors (Lipinski definition) is 3. The number of aromatic hydroxyl groups is 1. The minimum Gasteiger partial charge on any atom is -0.508 e. The maximum absolute atomic E-state index is 12.1. The molecule has 1 heterocycles. The number of H-pyrrole nitrogens is 1. The normalized spacial score (nSPS) is 10.8. The summed E-state index contributed by atoms with van der Waals surface area (Å²) in [6.45, 7) is 0. The third-order valence-electron chi connectivity index (χ3n) is 2.99. The monoisotopic (exact) mass is 256 g/mol. The van der Waals surface area contributed by atoms with E-state index in [0.29, 0.717) is 22.5 Å². The van der Waals surface area contributed by atoms with E-state index in [1.54, 1.807) is 31.4 Å². The average Bonchev–Trinajstić information content (AvgIpc) is 2.74. The van der Waals surface area contributed by atoms with Gasteiger partial charge in [0, 0.05) is 6.07 Å². The summed E-state index contributed by atoms with van der Waals surface area (Å²) in [6.07, 6.45) is 0. The fourth-order valence-electron chi connectivity index (χ4n) is 2.16. The Morgan fingerprint density at radius 3 is 2.74 bits per heavy atom. The molecule has 0 radical (unpaired) electrons. The van der Waals surface area contributed by atoms with E-state index in [1.165, 1.54) is 10.6 Å². The van der Waals surface area contributed by atoms with Gasteiger partial charge >= 0.3 is 5.69 Å². The fourth-order valence-corrected chi connectivity index (χ4v) is 2.16. The molecule has 0 aliphatic rings. The van der Waals surface area contributed by atoms with E-state index in [9.17, 15) is 9.90 Å². The summed E-state index contributed by atoms with van der Waals surface area (Å²) < 4.78 is 6.72. The van der Waals surface area contributed by atoms with Crippen LogP contribution in [-0.2, 0) is 0 Å². The fraction of sp³-hybridized carbons (Fsp3) is 0.0714. The lowest BCUT2D eigenvalue weighted by Crippen LogP contribution is -2.14. The second kappa shape index (κ2) is 4.20. The number of methoxy groups -OCH3 is 1. The molecule has 0 bridgehead atoms. The number of imidazole rings is 1. The summed E-state index contributed by atoms with van der Waals surface area (Å²) in [5.41, 5.74) is 1.67. The lowest BCUT2D eigenvalue weighted by atomic mass is 10.2. The Labute approximate surface area is 108 Å². The van der Waals surface area contributed by atoms with Crippen LogP contribution in [0.1, 0.15) is 0 Å². The van der Waals surface area contributed by atoms with E-state index in [1.807, 2.05) is 12.1 Å². The number of phenols is 1. The zero-order chi connectivity index (χ0) is 13.4. The van der Waals surface area contributed by atoms with E-state index < -0.39 is 0 Å². The molecule has 0 unspecified atom stereocenters. The highest BCUT2D eigenvalue weighted by Crippen LogP contribution is 2.25. The number of aromatic amines is 1. The van der Waals surface area contributed by atoms with Crippen molar-refractivity contribution in [3.8, 4) is 17.2 Å². The van der Waals surface area contributed by atoms with Crippen molar-refractivity contribution in [2.75, 3.05) is 7.11 Å². The predicted molar refractivity (Wildman–Crippen MR) is 72.1 cm³/mol. The van der Waals surface area contributed by atoms with Crippen molar-refractivity contribution >= 4 is 11.0 Å². The van der Waals surface area contributed by atoms with Gasteiger partial charge in [-0.05, 0) is 24.3 Å². The average molecular weight is 256 g/mol. The first-order valence-electron chi connectivity index (χ1n) is 5.78. The molecule has 0 spiro atoms. The van der Waals surface area contributed by atoms with Gasteiger partial charge in [-0.15, -0.1) is 0 Å². The van der Waals surface area contributed by atoms with Gasteiger partial charge in [-0.1, -0.05) is 12.1 Å². The molecule has 3 rings (SSSR count). The Hall–Kier alpha value is -2.69. The number of rotatable bonds is 2. The third-order valence-corrected chi connectivity index (χ3v) is 2.99. The molecule has 5 nitrogen and oxygen atoms in total. The number of nitrogens with one attached hydrogen (secondary N) is 1. The minimum absolute atomic E-state index is 0.113. The van der Waals surface area contributed by atoms with Gasteiger partial charge in [0.15, 0.2) is 0 Å². The van der Waals surface area contributed by atoms with Crippen LogP contribution in [0.4, 0.5) is 0 Å². The summed E-state index contributed by atoms with van der Waals surface area (Å²) in [6, 6.07) is 12.0. The molecule has 0 saturated heterocycles. The molecule has 0 fully saturated rings. The van der Waals surface area contributed by atoms with Gasteiger partial charge in [-0.2, -0.15) is 0 Å². The summed E-state index contributed by atoms with van der Waals surface area (Å²) in [7, 11) is 1.55. The smallest absolute Gasteiger partial charge is 0.331 e. The van der Waals surface area contributed by atoms with Gasteiger partial charge in [0.2, 0.25) is 0 Å². The van der Waals surface area contributed by atoms with Crippen LogP contribution in [0.15, 0.2) is 47.3 Å². The van der Waals surface area contributed by atoms with Gasteiger partial charge in [-0.25, -0.2) is 4.79 Å². The Morgan fingerprint density at radius 1 is 1.21 bits per heavy atom. The maximum Gasteiger partial charge on any atom is 0.331 e. The van der Waals surface area contributed by atoms with Crippen LogP contribution in [0, 0.1) is 0 Å². The summed E-state index contributed by atoms with van der Waals surface area (Å²) in [4.78, 5) is 14.9. The number of nitrogens with zero attached hydrogens (tertiary/aromatic N) is 1. The van der Waals surface area contributed by atoms with Crippen molar-refractivity contribution in [3.05, 3.63) is 52.9 Å². The molecule has 3 aromatic rings. The lowest BCUT2D eigenvalue weighted by molar-refractivity contribution is 0.419. The summed E-state index contributed by atoms with van der Waals surface area (Å²) in [5.74, 6) is 0.718. The zero-order valence-electron chi connectivity index (χ0n) is 10.3. The molecule has 1 aromatic heterocycles. The molecule has 19 heavy (non-hydrogen) atoms. The summed E-state index contributed by atoms with van der Waals surface area (Å²) >= 11 is 0. The van der Waals surface area contributed by atoms with Gasteiger partial charge in [-0.3, -0.25) is 4.57 Å². The van der Waals surface area contributed by atoms with Crippen LogP contribution >= 0.6 is 0 Å². The Bertz CT molecular complexity index is 802. The number of ether oxygens (including phenoxy) is 1. The van der Waals surface area contributed by atoms with Crippen molar-refractivity contribution in [1.82, 2.24) is 9.55 Å². The van der Waals surface area contributed by atoms with E-state index in [4.69, 9.17) is 4.74 Å². The van der Waals surface area contributed by atoms with E-state index in [-0.39, 0.29) is 11.4 Å². The minimum atomic E-state index is -0.273. The van der Waals surface area contributed by atoms with Crippen LogP contribution in [0.5, 0.6) is 11.5 Å². The zero-order valence-corrected chi connectivity index (χ0v) is 10.3. The molecule has 2 aromatic carbocycles. The number of hydrogen-bond donors (Lipinski definition) is 2. The highest BCUT2D eigenvalue weighted by Gasteiger charge is 2.12.